The van der Waals surface area contributed by atoms with Gasteiger partial charge in [-0.1, -0.05) is 15.7 Å². The summed E-state index contributed by atoms with van der Waals surface area (Å²) in [6, 6.07) is 43.5. The fraction of sp³-hybridized carbons (Fsp3) is 0.324. The van der Waals surface area contributed by atoms with Gasteiger partial charge in [-0.3, -0.25) is 33.4 Å². The fourth-order valence-corrected chi connectivity index (χ4v) is 13.7. The summed E-state index contributed by atoms with van der Waals surface area (Å²) < 4.78 is 30.4. The van der Waals surface area contributed by atoms with Gasteiger partial charge in [0.25, 0.3) is 0 Å². The summed E-state index contributed by atoms with van der Waals surface area (Å²) in [6.07, 6.45) is 6.28. The Morgan fingerprint density at radius 3 is 1.35 bits per heavy atom. The molecule has 4 atom stereocenters. The number of rotatable bonds is 18. The van der Waals surface area contributed by atoms with E-state index in [1.165, 1.54) is 24.3 Å². The Kier molecular flexibility index (Phi) is 28.5. The van der Waals surface area contributed by atoms with Crippen molar-refractivity contribution in [2.24, 2.45) is 89.5 Å². The number of anilines is 4. The van der Waals surface area contributed by atoms with Crippen LogP contribution in [0.1, 0.15) is 26.7 Å². The van der Waals surface area contributed by atoms with Crippen molar-refractivity contribution in [3.63, 3.8) is 0 Å². The van der Waals surface area contributed by atoms with Crippen LogP contribution >= 0.6 is 11.6 Å². The highest BCUT2D eigenvalue weighted by atomic mass is 35.5. The lowest BCUT2D eigenvalue weighted by Gasteiger charge is -2.37. The van der Waals surface area contributed by atoms with Gasteiger partial charge in [-0.2, -0.15) is 15.7 Å². The lowest BCUT2D eigenvalue weighted by molar-refractivity contribution is -0.134. The molecular formula is C74H86ClF2N29O6. The van der Waals surface area contributed by atoms with Crippen LogP contribution in [0.2, 0.25) is 0 Å². The molecule has 4 saturated heterocycles. The molecule has 14 rings (SSSR count). The summed E-state index contributed by atoms with van der Waals surface area (Å²) in [7, 11) is 3.69. The summed E-state index contributed by atoms with van der Waals surface area (Å²) in [5, 5.41) is 65.7. The zero-order chi connectivity index (χ0) is 79.7. The molecule has 0 bridgehead atoms. The number of aliphatic hydroxyl groups is 2. The molecule has 0 aliphatic carbocycles. The Morgan fingerprint density at radius 2 is 0.955 bits per heavy atom. The first-order valence-electron chi connectivity index (χ1n) is 35.5. The molecule has 8 heterocycles. The number of aromatic nitrogens is 8. The van der Waals surface area contributed by atoms with Crippen LogP contribution < -0.4 is 43.3 Å². The van der Waals surface area contributed by atoms with E-state index in [0.717, 1.165) is 106 Å². The number of aliphatic hydroxyl groups excluding tert-OH is 2. The summed E-state index contributed by atoms with van der Waals surface area (Å²) in [6.45, 7) is 11.2. The van der Waals surface area contributed by atoms with Gasteiger partial charge in [0.05, 0.1) is 40.6 Å². The van der Waals surface area contributed by atoms with Crippen molar-refractivity contribution in [3.05, 3.63) is 182 Å². The van der Waals surface area contributed by atoms with E-state index in [0.29, 0.717) is 68.5 Å². The molecule has 38 heteroatoms. The van der Waals surface area contributed by atoms with Crippen LogP contribution in [-0.4, -0.2) is 191 Å². The second-order valence-corrected chi connectivity index (χ2v) is 26.7. The monoisotopic (exact) mass is 1550 g/mol. The Balaban J connectivity index is 0.000000177. The van der Waals surface area contributed by atoms with Crippen molar-refractivity contribution < 1.29 is 38.2 Å². The molecule has 0 spiro atoms. The van der Waals surface area contributed by atoms with Crippen LogP contribution in [0.5, 0.6) is 0 Å². The number of piperazine rings is 2. The third kappa shape index (κ3) is 20.4. The standard InChI is InChI=1S/C37H39FN8O3.C21H23FN4O2.C16H17ClN4O.H3N7.H4N6/c1-25(47)37(36(49)41-29-10-13-32-31(22-29)34(42-43(32)2)26-4-8-28(38)9-5-26)14-17-44(24-37)23-33(48)46-20-18-45(19-21-46)30-11-6-27(7-12-30)35-39-15-3-16-40-35;1-13(27)21(9-10-23-12-21)20(28)24-16-7-8-18-17(11-16)19(25-26(18)2)14-3-5-15(22)6-4-14;17-12-15(22)21-10-8-20(9-11-21)14-4-2-13(3-5-14)16-18-6-1-7-19-16;1-3-5-7-6-4-2;1-3-5-6-4-2/h3-13,15-16,22,25,47H,14,17-21,23-24H2,1-2H3,(H,41,49);3-8,11,13,23,27H,9-10,12H2,1-2H3,(H,24,28);1-7H,8-12H2;(H3,1,2,5,6);(H2,1,4,5)(H2,2,3,6). The van der Waals surface area contributed by atoms with Gasteiger partial charge in [-0.25, -0.2) is 28.7 Å². The number of aryl methyl sites for hydroxylation is 2. The Morgan fingerprint density at radius 1 is 0.545 bits per heavy atom. The normalized spacial score (nSPS) is 17.6. The van der Waals surface area contributed by atoms with Crippen molar-refractivity contribution in [3.8, 4) is 45.3 Å². The molecule has 4 unspecified atom stereocenters. The number of likely N-dealkylation sites (tertiary alicyclic amines) is 1. The topological polar surface area (TPSA) is 461 Å². The molecule has 4 aliphatic rings. The average Bonchev–Trinajstić information content (AvgIpc) is 1.62. The smallest absolute Gasteiger partial charge is 0.237 e. The molecule has 4 amide bonds. The van der Waals surface area contributed by atoms with Gasteiger partial charge in [0.2, 0.25) is 23.6 Å². The zero-order valence-electron chi connectivity index (χ0n) is 61.9. The number of nitrogens with zero attached hydrogens (tertiary/aromatic N) is 22. The van der Waals surface area contributed by atoms with Gasteiger partial charge < -0.3 is 63.3 Å². The maximum atomic E-state index is 13.8. The van der Waals surface area contributed by atoms with E-state index in [2.05, 4.69) is 145 Å². The number of halogens is 3. The number of nitrogens with two attached hydrogens (primary N) is 3. The minimum absolute atomic E-state index is 0.0119. The number of alkyl halides is 1. The van der Waals surface area contributed by atoms with E-state index >= 15 is 0 Å². The number of fused-ring (bicyclic) bond motifs is 2. The molecule has 10 aromatic rings. The van der Waals surface area contributed by atoms with Crippen molar-refractivity contribution in [2.75, 3.05) is 111 Å². The Bertz CT molecular complexity index is 4900. The van der Waals surface area contributed by atoms with Gasteiger partial charge >= 0.3 is 0 Å². The van der Waals surface area contributed by atoms with E-state index in [1.807, 2.05) is 89.5 Å². The first-order chi connectivity index (χ1) is 54.2. The molecule has 0 radical (unpaired) electrons. The molecular weight excluding hydrogens is 1460 g/mol. The van der Waals surface area contributed by atoms with Crippen LogP contribution in [0.3, 0.4) is 0 Å². The SMILES string of the molecule is CC(O)C1(C(=O)Nc2ccc3c(c2)c(-c2ccc(F)cc2)nn3C)CCN(CC(=O)N2CCN(c3ccc(-c4ncccn4)cc3)CC2)C1.CC(O)C1(C(=O)Nc2ccc3c(c2)c(-c2ccc(F)cc2)nn3C)CCNC1.N/N=N/N=N/N.N=N/N=N/N=N/N.O=C(CCl)N1CCN(c2ccc(-c3ncccn3)cc2)CC1. The quantitative estimate of drug-likeness (QED) is 0.0167. The molecule has 584 valence electrons. The molecule has 12 N–H and O–H groups in total. The first-order valence-corrected chi connectivity index (χ1v) is 36.1. The predicted octanol–water partition coefficient (Wildman–Crippen LogP) is 9.08. The van der Waals surface area contributed by atoms with Crippen molar-refractivity contribution >= 4 is 79.8 Å². The molecule has 6 aromatic carbocycles. The number of benzene rings is 6. The minimum Gasteiger partial charge on any atom is -0.392 e. The molecule has 4 fully saturated rings. The van der Waals surface area contributed by atoms with E-state index < -0.39 is 23.0 Å². The first kappa shape index (κ1) is 81.8. The molecule has 35 nitrogen and oxygen atoms in total. The minimum atomic E-state index is -1.07. The van der Waals surface area contributed by atoms with Gasteiger partial charge in [0.15, 0.2) is 11.6 Å². The Hall–Kier alpha value is -12.7. The van der Waals surface area contributed by atoms with Crippen LogP contribution in [-0.2, 0) is 33.3 Å². The second-order valence-electron chi connectivity index (χ2n) is 26.4. The van der Waals surface area contributed by atoms with Gasteiger partial charge in [0.1, 0.15) is 28.9 Å². The second kappa shape index (κ2) is 39.1. The zero-order valence-corrected chi connectivity index (χ0v) is 62.6. The molecule has 4 aromatic heterocycles. The Labute approximate surface area is 647 Å². The van der Waals surface area contributed by atoms with Crippen molar-refractivity contribution in [1.29, 1.82) is 5.53 Å². The van der Waals surface area contributed by atoms with E-state index in [9.17, 15) is 38.2 Å². The largest absolute Gasteiger partial charge is 0.392 e. The average molecular weight is 1550 g/mol. The van der Waals surface area contributed by atoms with Crippen LogP contribution in [0.4, 0.5) is 31.5 Å². The number of amides is 4. The summed E-state index contributed by atoms with van der Waals surface area (Å²) >= 11 is 5.60. The molecule has 4 aliphatic heterocycles. The lowest BCUT2D eigenvalue weighted by atomic mass is 9.80. The summed E-state index contributed by atoms with van der Waals surface area (Å²) in [4.78, 5) is 79.1. The summed E-state index contributed by atoms with van der Waals surface area (Å²) in [5.74, 6) is 13.8. The number of carbonyl (C=O) groups is 4. The predicted molar refractivity (Wildman–Crippen MR) is 417 cm³/mol. The van der Waals surface area contributed by atoms with E-state index in [4.69, 9.17) is 17.1 Å². The highest BCUT2D eigenvalue weighted by Gasteiger charge is 2.49. The lowest BCUT2D eigenvalue weighted by Crippen LogP contribution is -2.52. The van der Waals surface area contributed by atoms with Crippen molar-refractivity contribution in [2.45, 2.75) is 38.9 Å². The highest BCUT2D eigenvalue weighted by molar-refractivity contribution is 6.27. The number of carbonyl (C=O) groups excluding carboxylic acids is 4. The maximum absolute atomic E-state index is 13.8. The number of hydrogen-bond donors (Lipinski definition) is 9. The third-order valence-electron chi connectivity index (χ3n) is 19.7. The van der Waals surface area contributed by atoms with Gasteiger partial charge in [0, 0.05) is 160 Å². The number of hydrogen-bond acceptors (Lipinski definition) is 20. The van der Waals surface area contributed by atoms with E-state index in [1.54, 1.807) is 84.4 Å². The number of nitrogens with one attached hydrogen (secondary N) is 4. The van der Waals surface area contributed by atoms with Gasteiger partial charge in [-0.05, 0) is 217 Å². The maximum Gasteiger partial charge on any atom is 0.237 e. The molecule has 0 saturated carbocycles. The van der Waals surface area contributed by atoms with Crippen LogP contribution in [0, 0.1) is 28.0 Å². The highest BCUT2D eigenvalue weighted by Crippen LogP contribution is 2.39. The molecule has 112 heavy (non-hydrogen) atoms. The fourth-order valence-electron chi connectivity index (χ4n) is 13.5. The van der Waals surface area contributed by atoms with Gasteiger partial charge in [-0.15, -0.1) is 11.6 Å². The van der Waals surface area contributed by atoms with Crippen molar-refractivity contribution in [1.82, 2.24) is 59.5 Å². The van der Waals surface area contributed by atoms with Crippen LogP contribution in [0.15, 0.2) is 217 Å². The third-order valence-corrected chi connectivity index (χ3v) is 19.9. The summed E-state index contributed by atoms with van der Waals surface area (Å²) in [5.41, 5.74) is 14.3. The van der Waals surface area contributed by atoms with Crippen LogP contribution in [0.25, 0.3) is 67.1 Å². The van der Waals surface area contributed by atoms with E-state index in [-0.39, 0.29) is 54.2 Å².